The van der Waals surface area contributed by atoms with Gasteiger partial charge in [0, 0.05) is 30.1 Å². The van der Waals surface area contributed by atoms with Crippen molar-refractivity contribution < 1.29 is 9.90 Å². The van der Waals surface area contributed by atoms with Crippen LogP contribution in [0.1, 0.15) is 21.5 Å². The summed E-state index contributed by atoms with van der Waals surface area (Å²) in [5.74, 6) is 0.601. The summed E-state index contributed by atoms with van der Waals surface area (Å²) in [6.07, 6.45) is 3.43. The number of aliphatic hydroxyl groups excluding tert-OH is 1. The van der Waals surface area contributed by atoms with Crippen LogP contribution in [-0.4, -0.2) is 21.0 Å². The van der Waals surface area contributed by atoms with Gasteiger partial charge in [0.1, 0.15) is 5.82 Å². The van der Waals surface area contributed by atoms with Crippen molar-refractivity contribution >= 4 is 5.91 Å². The Bertz CT molecular complexity index is 780. The van der Waals surface area contributed by atoms with Crippen LogP contribution in [0.3, 0.4) is 0 Å². The Labute approximate surface area is 134 Å². The molecule has 5 nitrogen and oxygen atoms in total. The summed E-state index contributed by atoms with van der Waals surface area (Å²) in [7, 11) is 0. The van der Waals surface area contributed by atoms with E-state index >= 15 is 0 Å². The van der Waals surface area contributed by atoms with Gasteiger partial charge >= 0.3 is 0 Å². The number of hydrogen-bond acceptors (Lipinski definition) is 3. The first kappa shape index (κ1) is 15.0. The molecule has 0 aliphatic rings. The Morgan fingerprint density at radius 1 is 1.13 bits per heavy atom. The molecule has 3 aromatic rings. The third-order valence-electron chi connectivity index (χ3n) is 3.56. The second-order valence-corrected chi connectivity index (χ2v) is 5.18. The Balaban J connectivity index is 1.67. The first-order valence-corrected chi connectivity index (χ1v) is 7.33. The molecule has 5 heteroatoms. The van der Waals surface area contributed by atoms with Crippen molar-refractivity contribution in [2.24, 2.45) is 0 Å². The van der Waals surface area contributed by atoms with Crippen molar-refractivity contribution in [2.45, 2.75) is 13.2 Å². The molecule has 23 heavy (non-hydrogen) atoms. The van der Waals surface area contributed by atoms with Crippen LogP contribution in [0.2, 0.25) is 0 Å². The van der Waals surface area contributed by atoms with Crippen molar-refractivity contribution in [3.8, 4) is 11.4 Å². The Morgan fingerprint density at radius 3 is 2.61 bits per heavy atom. The third kappa shape index (κ3) is 3.64. The summed E-state index contributed by atoms with van der Waals surface area (Å²) in [6.45, 7) is 0.460. The van der Waals surface area contributed by atoms with E-state index in [4.69, 9.17) is 5.11 Å². The predicted molar refractivity (Wildman–Crippen MR) is 87.6 cm³/mol. The van der Waals surface area contributed by atoms with Gasteiger partial charge in [-0.1, -0.05) is 36.4 Å². The highest BCUT2D eigenvalue weighted by Gasteiger charge is 2.08. The summed E-state index contributed by atoms with van der Waals surface area (Å²) in [5.41, 5.74) is 3.30. The molecular formula is C18H17N3O2. The van der Waals surface area contributed by atoms with E-state index in [0.29, 0.717) is 12.1 Å². The molecule has 116 valence electrons. The van der Waals surface area contributed by atoms with Crippen molar-refractivity contribution in [3.63, 3.8) is 0 Å². The van der Waals surface area contributed by atoms with E-state index in [0.717, 1.165) is 22.5 Å². The highest BCUT2D eigenvalue weighted by atomic mass is 16.3. The zero-order valence-corrected chi connectivity index (χ0v) is 12.5. The molecule has 0 aliphatic carbocycles. The van der Waals surface area contributed by atoms with Crippen molar-refractivity contribution in [1.29, 1.82) is 0 Å². The van der Waals surface area contributed by atoms with Gasteiger partial charge in [-0.3, -0.25) is 4.79 Å². The van der Waals surface area contributed by atoms with Gasteiger partial charge in [0.15, 0.2) is 0 Å². The number of carbonyl (C=O) groups excluding carboxylic acids is 1. The molecule has 0 aliphatic heterocycles. The second-order valence-electron chi connectivity index (χ2n) is 5.18. The van der Waals surface area contributed by atoms with E-state index in [1.54, 1.807) is 18.5 Å². The highest BCUT2D eigenvalue weighted by Crippen LogP contribution is 2.16. The summed E-state index contributed by atoms with van der Waals surface area (Å²) in [4.78, 5) is 19.5. The lowest BCUT2D eigenvalue weighted by Gasteiger charge is -2.07. The molecule has 3 rings (SSSR count). The number of carbonyl (C=O) groups is 1. The summed E-state index contributed by atoms with van der Waals surface area (Å²) in [5, 5.41) is 11.9. The number of nitrogens with zero attached hydrogens (tertiary/aromatic N) is 1. The number of H-pyrrole nitrogens is 1. The minimum atomic E-state index is -0.135. The van der Waals surface area contributed by atoms with E-state index < -0.39 is 0 Å². The Hall–Kier alpha value is -2.92. The van der Waals surface area contributed by atoms with Crippen LogP contribution in [0.4, 0.5) is 0 Å². The van der Waals surface area contributed by atoms with Gasteiger partial charge in [-0.15, -0.1) is 0 Å². The van der Waals surface area contributed by atoms with Gasteiger partial charge < -0.3 is 15.4 Å². The van der Waals surface area contributed by atoms with E-state index in [1.165, 1.54) is 0 Å². The van der Waals surface area contributed by atoms with Gasteiger partial charge in [0.25, 0.3) is 5.91 Å². The highest BCUT2D eigenvalue weighted by molar-refractivity contribution is 5.95. The number of aliphatic hydroxyl groups is 1. The third-order valence-corrected chi connectivity index (χ3v) is 3.56. The second kappa shape index (κ2) is 6.89. The fourth-order valence-electron chi connectivity index (χ4n) is 2.28. The maximum Gasteiger partial charge on any atom is 0.251 e. The van der Waals surface area contributed by atoms with Crippen molar-refractivity contribution in [2.75, 3.05) is 0 Å². The number of hydrogen-bond donors (Lipinski definition) is 3. The molecule has 0 fully saturated rings. The van der Waals surface area contributed by atoms with Gasteiger partial charge in [-0.2, -0.15) is 0 Å². The lowest BCUT2D eigenvalue weighted by Crippen LogP contribution is -2.22. The Morgan fingerprint density at radius 2 is 1.91 bits per heavy atom. The topological polar surface area (TPSA) is 78.0 Å². The van der Waals surface area contributed by atoms with Crippen LogP contribution < -0.4 is 5.32 Å². The van der Waals surface area contributed by atoms with Gasteiger partial charge in [0.05, 0.1) is 6.61 Å². The Kier molecular flexibility index (Phi) is 4.49. The van der Waals surface area contributed by atoms with Crippen molar-refractivity contribution in [3.05, 3.63) is 77.6 Å². The number of amides is 1. The van der Waals surface area contributed by atoms with E-state index in [2.05, 4.69) is 15.3 Å². The minimum absolute atomic E-state index is 0.0201. The number of benzene rings is 2. The molecule has 0 radical (unpaired) electrons. The molecule has 3 N–H and O–H groups in total. The summed E-state index contributed by atoms with van der Waals surface area (Å²) in [6, 6.07) is 14.8. The number of rotatable bonds is 5. The fourth-order valence-corrected chi connectivity index (χ4v) is 2.28. The molecule has 1 aromatic heterocycles. The number of nitrogens with one attached hydrogen (secondary N) is 2. The normalized spacial score (nSPS) is 10.5. The molecule has 0 bridgehead atoms. The number of aromatic amines is 1. The average Bonchev–Trinajstić information content (AvgIpc) is 3.15. The SMILES string of the molecule is O=C(NCc1ccc(CO)cc1)c1cccc(-c2ncc[nH]2)c1. The lowest BCUT2D eigenvalue weighted by atomic mass is 10.1. The van der Waals surface area contributed by atoms with E-state index in [9.17, 15) is 4.79 Å². The van der Waals surface area contributed by atoms with E-state index in [-0.39, 0.29) is 12.5 Å². The molecule has 2 aromatic carbocycles. The lowest BCUT2D eigenvalue weighted by molar-refractivity contribution is 0.0951. The van der Waals surface area contributed by atoms with Crippen LogP contribution in [0.15, 0.2) is 60.9 Å². The molecule has 1 amide bonds. The van der Waals surface area contributed by atoms with Crippen LogP contribution >= 0.6 is 0 Å². The van der Waals surface area contributed by atoms with Crippen LogP contribution in [0.5, 0.6) is 0 Å². The van der Waals surface area contributed by atoms with Crippen LogP contribution in [0, 0.1) is 0 Å². The molecule has 1 heterocycles. The fraction of sp³-hybridized carbons (Fsp3) is 0.111. The van der Waals surface area contributed by atoms with Crippen molar-refractivity contribution in [1.82, 2.24) is 15.3 Å². The van der Waals surface area contributed by atoms with Gasteiger partial charge in [0.2, 0.25) is 0 Å². The smallest absolute Gasteiger partial charge is 0.251 e. The maximum absolute atomic E-state index is 12.3. The first-order valence-electron chi connectivity index (χ1n) is 7.33. The number of imidazole rings is 1. The quantitative estimate of drug-likeness (QED) is 0.677. The zero-order chi connectivity index (χ0) is 16.1. The molecule has 0 saturated carbocycles. The summed E-state index contributed by atoms with van der Waals surface area (Å²) < 4.78 is 0. The monoisotopic (exact) mass is 307 g/mol. The molecule has 0 spiro atoms. The summed E-state index contributed by atoms with van der Waals surface area (Å²) >= 11 is 0. The van der Waals surface area contributed by atoms with Crippen LogP contribution in [-0.2, 0) is 13.2 Å². The molecule has 0 saturated heterocycles. The van der Waals surface area contributed by atoms with Crippen LogP contribution in [0.25, 0.3) is 11.4 Å². The zero-order valence-electron chi connectivity index (χ0n) is 12.5. The first-order chi connectivity index (χ1) is 11.3. The van der Waals surface area contributed by atoms with Gasteiger partial charge in [-0.05, 0) is 23.3 Å². The minimum Gasteiger partial charge on any atom is -0.392 e. The predicted octanol–water partition coefficient (Wildman–Crippen LogP) is 2.50. The molecule has 0 unspecified atom stereocenters. The molecule has 0 atom stereocenters. The standard InChI is InChI=1S/C18H17N3O2/c22-12-14-6-4-13(5-7-14)11-21-18(23)16-3-1-2-15(10-16)17-19-8-9-20-17/h1-10,22H,11-12H2,(H,19,20)(H,21,23). The molecular weight excluding hydrogens is 290 g/mol. The van der Waals surface area contributed by atoms with E-state index in [1.807, 2.05) is 42.5 Å². The average molecular weight is 307 g/mol. The maximum atomic E-state index is 12.3. The number of aromatic nitrogens is 2. The van der Waals surface area contributed by atoms with Gasteiger partial charge in [-0.25, -0.2) is 4.98 Å². The largest absolute Gasteiger partial charge is 0.392 e.